The highest BCUT2D eigenvalue weighted by Crippen LogP contribution is 2.28. The lowest BCUT2D eigenvalue weighted by atomic mass is 10.1. The summed E-state index contributed by atoms with van der Waals surface area (Å²) in [5.74, 6) is 1.11. The highest BCUT2D eigenvalue weighted by Gasteiger charge is 2.33. The van der Waals surface area contributed by atoms with Crippen molar-refractivity contribution < 1.29 is 17.9 Å². The summed E-state index contributed by atoms with van der Waals surface area (Å²) in [5.41, 5.74) is 2.27. The summed E-state index contributed by atoms with van der Waals surface area (Å²) in [6, 6.07) is 8.74. The van der Waals surface area contributed by atoms with E-state index in [-0.39, 0.29) is 23.5 Å². The van der Waals surface area contributed by atoms with Gasteiger partial charge in [-0.05, 0) is 43.2 Å². The van der Waals surface area contributed by atoms with Gasteiger partial charge >= 0.3 is 0 Å². The van der Waals surface area contributed by atoms with Gasteiger partial charge in [0.25, 0.3) is 5.91 Å². The number of pyridine rings is 1. The highest BCUT2D eigenvalue weighted by molar-refractivity contribution is 7.91. The largest absolute Gasteiger partial charge is 0.495 e. The number of methoxy groups -OCH3 is 1. The number of aryl methyl sites for hydroxylation is 1. The summed E-state index contributed by atoms with van der Waals surface area (Å²) >= 11 is 0. The third kappa shape index (κ3) is 4.39. The molecule has 2 heterocycles. The quantitative estimate of drug-likeness (QED) is 0.845. The van der Waals surface area contributed by atoms with Crippen LogP contribution in [-0.4, -0.2) is 55.9 Å². The van der Waals surface area contributed by atoms with Crippen LogP contribution in [0.25, 0.3) is 0 Å². The minimum Gasteiger partial charge on any atom is -0.495 e. The van der Waals surface area contributed by atoms with Gasteiger partial charge in [-0.25, -0.2) is 13.4 Å². The van der Waals surface area contributed by atoms with Crippen molar-refractivity contribution in [2.75, 3.05) is 31.0 Å². The van der Waals surface area contributed by atoms with Crippen LogP contribution in [0.5, 0.6) is 5.75 Å². The van der Waals surface area contributed by atoms with Crippen molar-refractivity contribution in [2.24, 2.45) is 0 Å². The van der Waals surface area contributed by atoms with Crippen LogP contribution in [0.2, 0.25) is 0 Å². The van der Waals surface area contributed by atoms with E-state index in [9.17, 15) is 13.2 Å². The van der Waals surface area contributed by atoms with Gasteiger partial charge in [0.2, 0.25) is 0 Å². The van der Waals surface area contributed by atoms with Gasteiger partial charge in [0.05, 0.1) is 24.3 Å². The number of anilines is 2. The van der Waals surface area contributed by atoms with E-state index in [0.29, 0.717) is 23.6 Å². The fourth-order valence-corrected chi connectivity index (χ4v) is 4.91. The molecule has 0 radical (unpaired) electrons. The number of aromatic nitrogens is 1. The first-order valence-corrected chi connectivity index (χ1v) is 10.5. The van der Waals surface area contributed by atoms with E-state index in [1.807, 2.05) is 25.1 Å². The first-order chi connectivity index (χ1) is 12.8. The lowest BCUT2D eigenvalue weighted by Gasteiger charge is -2.23. The Morgan fingerprint density at radius 2 is 2.07 bits per heavy atom. The minimum absolute atomic E-state index is 0.0198. The van der Waals surface area contributed by atoms with Crippen LogP contribution in [0.1, 0.15) is 22.3 Å². The molecule has 1 N–H and O–H groups in total. The molecule has 1 aromatic carbocycles. The maximum absolute atomic E-state index is 12.8. The topological polar surface area (TPSA) is 88.6 Å². The Balaban J connectivity index is 1.79. The zero-order valence-corrected chi connectivity index (χ0v) is 16.4. The van der Waals surface area contributed by atoms with Crippen molar-refractivity contribution in [3.05, 3.63) is 47.7 Å². The van der Waals surface area contributed by atoms with E-state index in [4.69, 9.17) is 4.74 Å². The van der Waals surface area contributed by atoms with Crippen molar-refractivity contribution in [1.82, 2.24) is 9.88 Å². The number of nitrogens with one attached hydrogen (secondary N) is 1. The molecule has 0 bridgehead atoms. The Bertz CT molecular complexity index is 959. The molecule has 1 fully saturated rings. The lowest BCUT2D eigenvalue weighted by molar-refractivity contribution is 0.0747. The Morgan fingerprint density at radius 3 is 2.74 bits per heavy atom. The zero-order valence-electron chi connectivity index (χ0n) is 15.6. The minimum atomic E-state index is -3.05. The molecule has 1 aliphatic heterocycles. The summed E-state index contributed by atoms with van der Waals surface area (Å²) in [7, 11) is 0.186. The molecular weight excluding hydrogens is 366 g/mol. The average Bonchev–Trinajstić information content (AvgIpc) is 3.01. The Labute approximate surface area is 159 Å². The number of amides is 1. The molecule has 7 nitrogen and oxygen atoms in total. The van der Waals surface area contributed by atoms with Gasteiger partial charge in [-0.3, -0.25) is 4.79 Å². The first kappa shape index (κ1) is 19.2. The molecule has 144 valence electrons. The van der Waals surface area contributed by atoms with Gasteiger partial charge in [-0.2, -0.15) is 0 Å². The predicted molar refractivity (Wildman–Crippen MR) is 104 cm³/mol. The molecule has 0 aliphatic carbocycles. The SMILES string of the molecule is COc1ccc(C)cc1Nc1cc(C(=O)N(C)C2CCS(=O)(=O)C2)ccn1. The third-order valence-corrected chi connectivity index (χ3v) is 6.45. The number of rotatable bonds is 5. The van der Waals surface area contributed by atoms with Gasteiger partial charge < -0.3 is 15.0 Å². The van der Waals surface area contributed by atoms with Gasteiger partial charge in [0.1, 0.15) is 11.6 Å². The fraction of sp³-hybridized carbons (Fsp3) is 0.368. The molecule has 3 rings (SSSR count). The maximum Gasteiger partial charge on any atom is 0.254 e. The molecule has 1 amide bonds. The third-order valence-electron chi connectivity index (χ3n) is 4.70. The summed E-state index contributed by atoms with van der Waals surface area (Å²) in [6.45, 7) is 1.97. The van der Waals surface area contributed by atoms with Crippen LogP contribution in [0.15, 0.2) is 36.5 Å². The van der Waals surface area contributed by atoms with Crippen molar-refractivity contribution >= 4 is 27.2 Å². The molecule has 1 aromatic heterocycles. The van der Waals surface area contributed by atoms with Crippen LogP contribution in [-0.2, 0) is 9.84 Å². The normalized spacial score (nSPS) is 18.1. The van der Waals surface area contributed by atoms with Gasteiger partial charge in [-0.15, -0.1) is 0 Å². The van der Waals surface area contributed by atoms with E-state index >= 15 is 0 Å². The monoisotopic (exact) mass is 389 g/mol. The smallest absolute Gasteiger partial charge is 0.254 e. The van der Waals surface area contributed by atoms with Crippen molar-refractivity contribution in [2.45, 2.75) is 19.4 Å². The standard InChI is InChI=1S/C19H23N3O4S/c1-13-4-5-17(26-3)16(10-13)21-18-11-14(6-8-20-18)19(23)22(2)15-7-9-27(24,25)12-15/h4-6,8,10-11,15H,7,9,12H2,1-3H3,(H,20,21). The number of carbonyl (C=O) groups excluding carboxylic acids is 1. The van der Waals surface area contributed by atoms with Crippen LogP contribution in [0.4, 0.5) is 11.5 Å². The van der Waals surface area contributed by atoms with E-state index in [2.05, 4.69) is 10.3 Å². The van der Waals surface area contributed by atoms with Crippen LogP contribution in [0.3, 0.4) is 0 Å². The van der Waals surface area contributed by atoms with Crippen molar-refractivity contribution in [3.8, 4) is 5.75 Å². The van der Waals surface area contributed by atoms with Crippen LogP contribution < -0.4 is 10.1 Å². The highest BCUT2D eigenvalue weighted by atomic mass is 32.2. The van der Waals surface area contributed by atoms with Crippen LogP contribution in [0, 0.1) is 6.92 Å². The Hall–Kier alpha value is -2.61. The van der Waals surface area contributed by atoms with Crippen molar-refractivity contribution in [3.63, 3.8) is 0 Å². The molecular formula is C19H23N3O4S. The van der Waals surface area contributed by atoms with Gasteiger partial charge in [0, 0.05) is 24.8 Å². The lowest BCUT2D eigenvalue weighted by Crippen LogP contribution is -2.37. The summed E-state index contributed by atoms with van der Waals surface area (Å²) in [5, 5.41) is 3.18. The first-order valence-electron chi connectivity index (χ1n) is 8.64. The Morgan fingerprint density at radius 1 is 1.30 bits per heavy atom. The number of nitrogens with zero attached hydrogens (tertiary/aromatic N) is 2. The number of ether oxygens (including phenoxy) is 1. The number of hydrogen-bond acceptors (Lipinski definition) is 6. The van der Waals surface area contributed by atoms with Gasteiger partial charge in [0.15, 0.2) is 9.84 Å². The molecule has 1 unspecified atom stereocenters. The number of hydrogen-bond donors (Lipinski definition) is 1. The predicted octanol–water partition coefficient (Wildman–Crippen LogP) is 2.40. The molecule has 0 spiro atoms. The second-order valence-corrected chi connectivity index (χ2v) is 8.96. The zero-order chi connectivity index (χ0) is 19.6. The summed E-state index contributed by atoms with van der Waals surface area (Å²) in [6.07, 6.45) is 2.03. The number of sulfone groups is 1. The molecule has 2 aromatic rings. The molecule has 8 heteroatoms. The molecule has 27 heavy (non-hydrogen) atoms. The van der Waals surface area contributed by atoms with E-state index < -0.39 is 9.84 Å². The van der Waals surface area contributed by atoms with E-state index in [1.54, 1.807) is 32.5 Å². The molecule has 1 saturated heterocycles. The van der Waals surface area contributed by atoms with E-state index in [1.165, 1.54) is 4.90 Å². The summed E-state index contributed by atoms with van der Waals surface area (Å²) in [4.78, 5) is 18.6. The number of carbonyl (C=O) groups is 1. The molecule has 1 atom stereocenters. The van der Waals surface area contributed by atoms with Crippen molar-refractivity contribution in [1.29, 1.82) is 0 Å². The van der Waals surface area contributed by atoms with E-state index in [0.717, 1.165) is 11.3 Å². The fourth-order valence-electron chi connectivity index (χ4n) is 3.14. The maximum atomic E-state index is 12.8. The Kier molecular flexibility index (Phi) is 5.36. The molecule has 1 aliphatic rings. The van der Waals surface area contributed by atoms with Gasteiger partial charge in [-0.1, -0.05) is 6.07 Å². The average molecular weight is 389 g/mol. The summed E-state index contributed by atoms with van der Waals surface area (Å²) < 4.78 is 28.7. The second kappa shape index (κ2) is 7.56. The second-order valence-electron chi connectivity index (χ2n) is 6.73. The molecule has 0 saturated carbocycles. The van der Waals surface area contributed by atoms with Crippen LogP contribution >= 0.6 is 0 Å². The number of benzene rings is 1.